The summed E-state index contributed by atoms with van der Waals surface area (Å²) in [5, 5.41) is 7.14. The fourth-order valence-electron chi connectivity index (χ4n) is 10.8. The molecule has 63 heavy (non-hydrogen) atoms. The van der Waals surface area contributed by atoms with Crippen molar-refractivity contribution < 1.29 is 4.42 Å². The first-order valence-corrected chi connectivity index (χ1v) is 21.7. The molecule has 0 fully saturated rings. The van der Waals surface area contributed by atoms with Gasteiger partial charge in [0.15, 0.2) is 0 Å². The van der Waals surface area contributed by atoms with Crippen LogP contribution in [0.5, 0.6) is 0 Å². The number of rotatable bonds is 3. The molecule has 0 unspecified atom stereocenters. The zero-order valence-electron chi connectivity index (χ0n) is 34.1. The molecule has 3 aromatic heterocycles. The second-order valence-electron chi connectivity index (χ2n) is 16.8. The number of nitrogens with zero attached hydrogens (tertiary/aromatic N) is 2. The molecule has 0 aliphatic heterocycles. The second-order valence-corrected chi connectivity index (χ2v) is 16.8. The number of hydrogen-bond donors (Lipinski definition) is 0. The Kier molecular flexibility index (Phi) is 7.11. The Morgan fingerprint density at radius 2 is 0.683 bits per heavy atom. The third-order valence-electron chi connectivity index (χ3n) is 13.5. The molecule has 0 bridgehead atoms. The average molecular weight is 801 g/mol. The SMILES string of the molecule is c1ccc2c(c1)-c1ccccc1-c1cc(-c3cccc4c3oc3ccccc34)c(-n3c4ccccc4c4cc(-n5c6ccccc6c6ccccc65)ccc43)cc1-c1ccccc1-2. The lowest BCUT2D eigenvalue weighted by atomic mass is 9.79. The van der Waals surface area contributed by atoms with E-state index in [-0.39, 0.29) is 0 Å². The molecule has 1 aliphatic rings. The Labute approximate surface area is 362 Å². The maximum absolute atomic E-state index is 6.86. The van der Waals surface area contributed by atoms with Crippen molar-refractivity contribution in [2.45, 2.75) is 0 Å². The fraction of sp³-hybridized carbons (Fsp3) is 0. The van der Waals surface area contributed by atoms with Gasteiger partial charge in [-0.05, 0) is 99.1 Å². The van der Waals surface area contributed by atoms with E-state index < -0.39 is 0 Å². The standard InChI is InChI=1S/C60H36N2O/c1-2-17-39-38(16-1)40-18-3-5-20-42(40)50-35-53(49-27-15-26-48-47-25-10-14-31-59(47)63-60(48)49)58(36-51(50)43-21-6-4-19-41(39)43)62-56-30-13-9-24-46(56)52-34-37(32-33-57(52)62)61-54-28-11-7-22-44(54)45-23-8-12-29-55(45)61/h1-36H. The topological polar surface area (TPSA) is 23.0 Å². The van der Waals surface area contributed by atoms with Gasteiger partial charge in [-0.3, -0.25) is 0 Å². The Morgan fingerprint density at radius 3 is 1.29 bits per heavy atom. The van der Waals surface area contributed by atoms with Crippen molar-refractivity contribution in [2.24, 2.45) is 0 Å². The molecule has 0 saturated heterocycles. The van der Waals surface area contributed by atoms with Crippen LogP contribution < -0.4 is 0 Å². The van der Waals surface area contributed by atoms with Crippen LogP contribution in [-0.2, 0) is 0 Å². The van der Waals surface area contributed by atoms with Crippen LogP contribution in [0.15, 0.2) is 223 Å². The highest BCUT2D eigenvalue weighted by molar-refractivity contribution is 6.15. The van der Waals surface area contributed by atoms with Crippen molar-refractivity contribution in [1.29, 1.82) is 0 Å². The van der Waals surface area contributed by atoms with E-state index in [1.807, 2.05) is 0 Å². The average Bonchev–Trinajstić information content (AvgIpc) is 4.01. The van der Waals surface area contributed by atoms with E-state index in [1.165, 1.54) is 77.1 Å². The third kappa shape index (κ3) is 4.85. The van der Waals surface area contributed by atoms with Gasteiger partial charge in [0.2, 0.25) is 0 Å². The monoisotopic (exact) mass is 800 g/mol. The van der Waals surface area contributed by atoms with Gasteiger partial charge in [0.25, 0.3) is 0 Å². The fourth-order valence-corrected chi connectivity index (χ4v) is 10.8. The lowest BCUT2D eigenvalue weighted by molar-refractivity contribution is 0.670. The van der Waals surface area contributed by atoms with E-state index in [4.69, 9.17) is 4.42 Å². The quantitative estimate of drug-likeness (QED) is 0.175. The molecule has 0 N–H and O–H groups in total. The van der Waals surface area contributed by atoms with Crippen LogP contribution in [0.1, 0.15) is 0 Å². The lowest BCUT2D eigenvalue weighted by Gasteiger charge is -2.25. The molecule has 292 valence electrons. The van der Waals surface area contributed by atoms with E-state index >= 15 is 0 Å². The molecule has 3 nitrogen and oxygen atoms in total. The van der Waals surface area contributed by atoms with Crippen LogP contribution in [0.3, 0.4) is 0 Å². The van der Waals surface area contributed by atoms with Crippen molar-refractivity contribution in [3.63, 3.8) is 0 Å². The first-order valence-electron chi connectivity index (χ1n) is 21.7. The van der Waals surface area contributed by atoms with E-state index in [2.05, 4.69) is 228 Å². The second kappa shape index (κ2) is 13.1. The summed E-state index contributed by atoms with van der Waals surface area (Å²) in [6.45, 7) is 0. The van der Waals surface area contributed by atoms with E-state index in [9.17, 15) is 0 Å². The largest absolute Gasteiger partial charge is 0.455 e. The predicted molar refractivity (Wildman–Crippen MR) is 263 cm³/mol. The molecule has 13 aromatic rings. The number of furan rings is 1. The first-order chi connectivity index (χ1) is 31.3. The summed E-state index contributed by atoms with van der Waals surface area (Å²) in [4.78, 5) is 0. The van der Waals surface area contributed by atoms with Gasteiger partial charge in [-0.25, -0.2) is 0 Å². The lowest BCUT2D eigenvalue weighted by Crippen LogP contribution is -2.02. The molecule has 14 rings (SSSR count). The summed E-state index contributed by atoms with van der Waals surface area (Å²) in [5.74, 6) is 0. The zero-order chi connectivity index (χ0) is 41.2. The van der Waals surface area contributed by atoms with Crippen molar-refractivity contribution in [3.8, 4) is 67.0 Å². The molecule has 0 atom stereocenters. The smallest absolute Gasteiger partial charge is 0.143 e. The summed E-state index contributed by atoms with van der Waals surface area (Å²) < 4.78 is 11.8. The molecule has 10 aromatic carbocycles. The minimum atomic E-state index is 0.887. The zero-order valence-corrected chi connectivity index (χ0v) is 34.1. The number of aromatic nitrogens is 2. The summed E-state index contributed by atoms with van der Waals surface area (Å²) in [5.41, 5.74) is 20.6. The van der Waals surface area contributed by atoms with Gasteiger partial charge < -0.3 is 13.6 Å². The van der Waals surface area contributed by atoms with Crippen molar-refractivity contribution in [2.75, 3.05) is 0 Å². The first kappa shape index (κ1) is 34.3. The van der Waals surface area contributed by atoms with E-state index in [0.29, 0.717) is 0 Å². The molecule has 1 aliphatic carbocycles. The maximum atomic E-state index is 6.86. The van der Waals surface area contributed by atoms with E-state index in [1.54, 1.807) is 0 Å². The van der Waals surface area contributed by atoms with Crippen LogP contribution >= 0.6 is 0 Å². The van der Waals surface area contributed by atoms with Crippen LogP contribution in [0, 0.1) is 0 Å². The number of para-hydroxylation sites is 5. The summed E-state index contributed by atoms with van der Waals surface area (Å²) in [7, 11) is 0. The summed E-state index contributed by atoms with van der Waals surface area (Å²) in [6.07, 6.45) is 0. The highest BCUT2D eigenvalue weighted by Crippen LogP contribution is 2.51. The van der Waals surface area contributed by atoms with Gasteiger partial charge in [0.05, 0.1) is 27.8 Å². The van der Waals surface area contributed by atoms with Crippen LogP contribution in [0.25, 0.3) is 133 Å². The van der Waals surface area contributed by atoms with Gasteiger partial charge in [0.1, 0.15) is 11.2 Å². The highest BCUT2D eigenvalue weighted by Gasteiger charge is 2.27. The predicted octanol–water partition coefficient (Wildman–Crippen LogP) is 16.4. The normalized spacial score (nSPS) is 12.1. The Bertz CT molecular complexity index is 3990. The van der Waals surface area contributed by atoms with Crippen LogP contribution in [-0.4, -0.2) is 9.13 Å². The Morgan fingerprint density at radius 1 is 0.254 bits per heavy atom. The van der Waals surface area contributed by atoms with Crippen molar-refractivity contribution in [1.82, 2.24) is 9.13 Å². The number of hydrogen-bond acceptors (Lipinski definition) is 1. The molecular weight excluding hydrogens is 765 g/mol. The van der Waals surface area contributed by atoms with Gasteiger partial charge in [-0.2, -0.15) is 0 Å². The van der Waals surface area contributed by atoms with Crippen LogP contribution in [0.2, 0.25) is 0 Å². The van der Waals surface area contributed by atoms with Gasteiger partial charge >= 0.3 is 0 Å². The van der Waals surface area contributed by atoms with Crippen molar-refractivity contribution in [3.05, 3.63) is 218 Å². The maximum Gasteiger partial charge on any atom is 0.143 e. The third-order valence-corrected chi connectivity index (χ3v) is 13.5. The summed E-state index contributed by atoms with van der Waals surface area (Å²) in [6, 6.07) is 80.0. The molecule has 0 radical (unpaired) electrons. The molecule has 0 amide bonds. The highest BCUT2D eigenvalue weighted by atomic mass is 16.3. The van der Waals surface area contributed by atoms with Crippen LogP contribution in [0.4, 0.5) is 0 Å². The van der Waals surface area contributed by atoms with Gasteiger partial charge in [-0.15, -0.1) is 0 Å². The van der Waals surface area contributed by atoms with Gasteiger partial charge in [0, 0.05) is 49.1 Å². The number of fused-ring (bicyclic) bond motifs is 17. The minimum Gasteiger partial charge on any atom is -0.455 e. The van der Waals surface area contributed by atoms with Gasteiger partial charge in [-0.1, -0.05) is 164 Å². The molecular formula is C60H36N2O. The molecule has 0 spiro atoms. The molecule has 0 saturated carbocycles. The van der Waals surface area contributed by atoms with Crippen molar-refractivity contribution >= 4 is 65.6 Å². The molecule has 3 heteroatoms. The Balaban J connectivity index is 1.12. The minimum absolute atomic E-state index is 0.887. The molecule has 3 heterocycles. The van der Waals surface area contributed by atoms with E-state index in [0.717, 1.165) is 55.5 Å². The number of benzene rings is 10. The summed E-state index contributed by atoms with van der Waals surface area (Å²) >= 11 is 0. The Hall–Kier alpha value is -8.40.